The zero-order valence-electron chi connectivity index (χ0n) is 10.1. The molecule has 0 aromatic heterocycles. The van der Waals surface area contributed by atoms with Crippen molar-refractivity contribution in [3.63, 3.8) is 0 Å². The highest BCUT2D eigenvalue weighted by Crippen LogP contribution is 2.32. The number of halogens is 2. The van der Waals surface area contributed by atoms with Crippen LogP contribution in [0.15, 0.2) is 23.1 Å². The lowest BCUT2D eigenvalue weighted by molar-refractivity contribution is -0.131. The molecular formula is C12H8Cl2N2O2S2. The minimum absolute atomic E-state index is 0.275. The van der Waals surface area contributed by atoms with Crippen molar-refractivity contribution in [3.05, 3.63) is 38.7 Å². The van der Waals surface area contributed by atoms with Crippen LogP contribution in [-0.4, -0.2) is 21.1 Å². The maximum Gasteiger partial charge on any atom is 0.285 e. The molecule has 1 saturated heterocycles. The first-order chi connectivity index (χ1) is 9.38. The van der Waals surface area contributed by atoms with Crippen LogP contribution in [0.5, 0.6) is 0 Å². The molecule has 0 spiro atoms. The summed E-state index contributed by atoms with van der Waals surface area (Å²) < 4.78 is 0.275. The second-order valence-corrected chi connectivity index (χ2v) is 6.35. The molecule has 8 heteroatoms. The van der Waals surface area contributed by atoms with Crippen molar-refractivity contribution in [2.75, 3.05) is 0 Å². The number of nitrogens with one attached hydrogen (secondary N) is 1. The SMILES string of the molecule is CC(=O)NN1C(=O)/C(=C/c2ccc(Cl)c(Cl)c2)SC1=S. The number of hydrogen-bond donors (Lipinski definition) is 1. The van der Waals surface area contributed by atoms with Gasteiger partial charge in [-0.2, -0.15) is 5.01 Å². The summed E-state index contributed by atoms with van der Waals surface area (Å²) in [6.45, 7) is 1.31. The van der Waals surface area contributed by atoms with Crippen LogP contribution in [-0.2, 0) is 9.59 Å². The Morgan fingerprint density at radius 2 is 2.10 bits per heavy atom. The van der Waals surface area contributed by atoms with Crippen LogP contribution in [0.25, 0.3) is 6.08 Å². The number of thioether (sulfide) groups is 1. The van der Waals surface area contributed by atoms with E-state index in [1.165, 1.54) is 6.92 Å². The van der Waals surface area contributed by atoms with Crippen LogP contribution in [0, 0.1) is 0 Å². The van der Waals surface area contributed by atoms with Crippen LogP contribution in [0.2, 0.25) is 10.0 Å². The lowest BCUT2D eigenvalue weighted by Crippen LogP contribution is -2.43. The van der Waals surface area contributed by atoms with Gasteiger partial charge in [0.1, 0.15) is 0 Å². The van der Waals surface area contributed by atoms with Gasteiger partial charge in [-0.25, -0.2) is 0 Å². The van der Waals surface area contributed by atoms with Crippen molar-refractivity contribution in [1.82, 2.24) is 10.4 Å². The quantitative estimate of drug-likeness (QED) is 0.659. The standard InChI is InChI=1S/C12H8Cl2N2O2S2/c1-6(17)15-16-11(18)10(20-12(16)19)5-7-2-3-8(13)9(14)4-7/h2-5H,1H3,(H,15,17)/b10-5-. The summed E-state index contributed by atoms with van der Waals surface area (Å²) in [6, 6.07) is 5.03. The fourth-order valence-electron chi connectivity index (χ4n) is 1.48. The molecule has 1 aliphatic rings. The van der Waals surface area contributed by atoms with Gasteiger partial charge in [0.2, 0.25) is 5.91 Å². The van der Waals surface area contributed by atoms with Crippen molar-refractivity contribution >= 4 is 69.4 Å². The monoisotopic (exact) mass is 346 g/mol. The maximum absolute atomic E-state index is 12.1. The molecule has 2 amide bonds. The van der Waals surface area contributed by atoms with Crippen molar-refractivity contribution in [1.29, 1.82) is 0 Å². The van der Waals surface area contributed by atoms with E-state index in [9.17, 15) is 9.59 Å². The number of amides is 2. The summed E-state index contributed by atoms with van der Waals surface area (Å²) in [7, 11) is 0. The van der Waals surface area contributed by atoms with Crippen molar-refractivity contribution in [3.8, 4) is 0 Å². The molecule has 1 heterocycles. The van der Waals surface area contributed by atoms with Gasteiger partial charge in [0.05, 0.1) is 15.0 Å². The highest BCUT2D eigenvalue weighted by atomic mass is 35.5. The van der Waals surface area contributed by atoms with E-state index in [0.717, 1.165) is 22.3 Å². The molecule has 0 aliphatic carbocycles. The lowest BCUT2D eigenvalue weighted by Gasteiger charge is -2.13. The predicted octanol–water partition coefficient (Wildman–Crippen LogP) is 3.25. The molecule has 0 saturated carbocycles. The van der Waals surface area contributed by atoms with E-state index < -0.39 is 0 Å². The molecular weight excluding hydrogens is 339 g/mol. The highest BCUT2D eigenvalue weighted by molar-refractivity contribution is 8.26. The summed E-state index contributed by atoms with van der Waals surface area (Å²) in [4.78, 5) is 23.5. The van der Waals surface area contributed by atoms with Gasteiger partial charge < -0.3 is 0 Å². The number of hydrogen-bond acceptors (Lipinski definition) is 4. The molecule has 1 aliphatic heterocycles. The summed E-state index contributed by atoms with van der Waals surface area (Å²) >= 11 is 17.9. The minimum Gasteiger partial charge on any atom is -0.274 e. The average molecular weight is 347 g/mol. The van der Waals surface area contributed by atoms with Crippen molar-refractivity contribution < 1.29 is 9.59 Å². The molecule has 1 aromatic carbocycles. The van der Waals surface area contributed by atoms with E-state index in [2.05, 4.69) is 5.43 Å². The smallest absolute Gasteiger partial charge is 0.274 e. The van der Waals surface area contributed by atoms with E-state index in [-0.39, 0.29) is 16.1 Å². The van der Waals surface area contributed by atoms with E-state index >= 15 is 0 Å². The van der Waals surface area contributed by atoms with E-state index in [1.54, 1.807) is 24.3 Å². The Hall–Kier alpha value is -1.08. The van der Waals surface area contributed by atoms with Gasteiger partial charge in [-0.05, 0) is 36.0 Å². The number of hydrazine groups is 1. The van der Waals surface area contributed by atoms with Gasteiger partial charge in [0.15, 0.2) is 4.32 Å². The van der Waals surface area contributed by atoms with E-state index in [1.807, 2.05) is 0 Å². The Morgan fingerprint density at radius 1 is 1.40 bits per heavy atom. The summed E-state index contributed by atoms with van der Waals surface area (Å²) in [5.41, 5.74) is 3.10. The number of carbonyl (C=O) groups excluding carboxylic acids is 2. The summed E-state index contributed by atoms with van der Waals surface area (Å²) in [5.74, 6) is -0.738. The number of carbonyl (C=O) groups is 2. The molecule has 1 aromatic rings. The first kappa shape index (κ1) is 15.3. The first-order valence-electron chi connectivity index (χ1n) is 5.38. The Kier molecular flexibility index (Phi) is 4.70. The third-order valence-electron chi connectivity index (χ3n) is 2.30. The fourth-order valence-corrected chi connectivity index (χ4v) is 2.96. The normalized spacial score (nSPS) is 16.9. The van der Waals surface area contributed by atoms with Crippen LogP contribution in [0.3, 0.4) is 0 Å². The Morgan fingerprint density at radius 3 is 2.70 bits per heavy atom. The lowest BCUT2D eigenvalue weighted by atomic mass is 10.2. The van der Waals surface area contributed by atoms with Crippen LogP contribution in [0.1, 0.15) is 12.5 Å². The van der Waals surface area contributed by atoms with Crippen molar-refractivity contribution in [2.24, 2.45) is 0 Å². The molecule has 0 bridgehead atoms. The molecule has 0 atom stereocenters. The topological polar surface area (TPSA) is 49.4 Å². The Labute approximate surface area is 135 Å². The molecule has 20 heavy (non-hydrogen) atoms. The van der Waals surface area contributed by atoms with Crippen molar-refractivity contribution in [2.45, 2.75) is 6.92 Å². The van der Waals surface area contributed by atoms with Gasteiger partial charge in [0.25, 0.3) is 5.91 Å². The zero-order chi connectivity index (χ0) is 14.9. The molecule has 0 unspecified atom stereocenters. The van der Waals surface area contributed by atoms with Crippen LogP contribution < -0.4 is 5.43 Å². The van der Waals surface area contributed by atoms with Gasteiger partial charge in [-0.15, -0.1) is 0 Å². The molecule has 1 fully saturated rings. The third kappa shape index (κ3) is 3.32. The predicted molar refractivity (Wildman–Crippen MR) is 85.3 cm³/mol. The second kappa shape index (κ2) is 6.13. The molecule has 1 N–H and O–H groups in total. The average Bonchev–Trinajstić information content (AvgIpc) is 2.61. The Bertz CT molecular complexity index is 646. The highest BCUT2D eigenvalue weighted by Gasteiger charge is 2.32. The van der Waals surface area contributed by atoms with Gasteiger partial charge >= 0.3 is 0 Å². The molecule has 104 valence electrons. The van der Waals surface area contributed by atoms with E-state index in [4.69, 9.17) is 35.4 Å². The minimum atomic E-state index is -0.374. The Balaban J connectivity index is 2.27. The third-order valence-corrected chi connectivity index (χ3v) is 4.35. The molecule has 4 nitrogen and oxygen atoms in total. The largest absolute Gasteiger partial charge is 0.285 e. The zero-order valence-corrected chi connectivity index (χ0v) is 13.3. The molecule has 0 radical (unpaired) electrons. The van der Waals surface area contributed by atoms with Gasteiger partial charge in [0, 0.05) is 6.92 Å². The molecule has 2 rings (SSSR count). The fraction of sp³-hybridized carbons (Fsp3) is 0.0833. The first-order valence-corrected chi connectivity index (χ1v) is 7.37. The van der Waals surface area contributed by atoms with Gasteiger partial charge in [-0.3, -0.25) is 15.0 Å². The van der Waals surface area contributed by atoms with Crippen LogP contribution >= 0.6 is 47.2 Å². The summed E-state index contributed by atoms with van der Waals surface area (Å²) in [5, 5.41) is 1.89. The number of nitrogens with zero attached hydrogens (tertiary/aromatic N) is 1. The van der Waals surface area contributed by atoms with Crippen LogP contribution in [0.4, 0.5) is 0 Å². The number of rotatable bonds is 2. The second-order valence-electron chi connectivity index (χ2n) is 3.86. The summed E-state index contributed by atoms with van der Waals surface area (Å²) in [6.07, 6.45) is 1.64. The maximum atomic E-state index is 12.1. The number of benzene rings is 1. The number of thiocarbonyl (C=S) groups is 1. The van der Waals surface area contributed by atoms with E-state index in [0.29, 0.717) is 15.0 Å². The van der Waals surface area contributed by atoms with Gasteiger partial charge in [-0.1, -0.05) is 41.0 Å².